The maximum absolute atomic E-state index is 9.66. The second-order valence-corrected chi connectivity index (χ2v) is 4.47. The second-order valence-electron chi connectivity index (χ2n) is 4.47. The molecule has 0 spiro atoms. The fraction of sp³-hybridized carbons (Fsp3) is 0.0588. The molecule has 0 saturated carbocycles. The number of aliphatic hydroxyl groups is 1. The van der Waals surface area contributed by atoms with E-state index >= 15 is 0 Å². The third-order valence-corrected chi connectivity index (χ3v) is 3.20. The van der Waals surface area contributed by atoms with Crippen LogP contribution in [0, 0.1) is 0 Å². The Kier molecular flexibility index (Phi) is 2.84. The fourth-order valence-corrected chi connectivity index (χ4v) is 2.27. The number of ether oxygens (including phenoxy) is 1. The van der Waals surface area contributed by atoms with E-state index < -0.39 is 0 Å². The number of rotatable bonds is 2. The lowest BCUT2D eigenvalue weighted by Gasteiger charge is -2.23. The molecule has 94 valence electrons. The molecule has 1 atom stereocenters. The largest absolute Gasteiger partial charge is 0.508 e. The minimum atomic E-state index is -0.199. The van der Waals surface area contributed by atoms with Gasteiger partial charge in [0, 0.05) is 16.7 Å². The van der Waals surface area contributed by atoms with Gasteiger partial charge in [-0.15, -0.1) is 0 Å². The van der Waals surface area contributed by atoms with E-state index in [-0.39, 0.29) is 11.9 Å². The normalized spacial score (nSPS) is 16.5. The standard InChI is InChI=1S/C17H14O2/c1-12(18)14-7-3-4-8-15(14)17-11-10-13-6-2-5-9-16(13)19-17/h2-11,17-18H,1H2. The van der Waals surface area contributed by atoms with E-state index in [4.69, 9.17) is 4.74 Å². The average molecular weight is 250 g/mol. The van der Waals surface area contributed by atoms with Crippen molar-refractivity contribution in [3.05, 3.63) is 77.9 Å². The van der Waals surface area contributed by atoms with Gasteiger partial charge in [-0.25, -0.2) is 0 Å². The molecule has 0 saturated heterocycles. The molecule has 3 rings (SSSR count). The third-order valence-electron chi connectivity index (χ3n) is 3.20. The second kappa shape index (κ2) is 4.65. The van der Waals surface area contributed by atoms with Crippen molar-refractivity contribution in [3.63, 3.8) is 0 Å². The summed E-state index contributed by atoms with van der Waals surface area (Å²) in [7, 11) is 0. The zero-order chi connectivity index (χ0) is 13.2. The van der Waals surface area contributed by atoms with Gasteiger partial charge in [0.15, 0.2) is 0 Å². The molecule has 19 heavy (non-hydrogen) atoms. The van der Waals surface area contributed by atoms with Crippen LogP contribution in [-0.2, 0) is 0 Å². The fourth-order valence-electron chi connectivity index (χ4n) is 2.27. The van der Waals surface area contributed by atoms with Gasteiger partial charge in [-0.3, -0.25) is 0 Å². The van der Waals surface area contributed by atoms with Crippen molar-refractivity contribution in [1.82, 2.24) is 0 Å². The molecule has 2 aromatic rings. The number of benzene rings is 2. The number of para-hydroxylation sites is 1. The zero-order valence-electron chi connectivity index (χ0n) is 10.4. The summed E-state index contributed by atoms with van der Waals surface area (Å²) in [5.74, 6) is 0.916. The van der Waals surface area contributed by atoms with Gasteiger partial charge in [-0.2, -0.15) is 0 Å². The van der Waals surface area contributed by atoms with Gasteiger partial charge >= 0.3 is 0 Å². The first-order valence-electron chi connectivity index (χ1n) is 6.17. The topological polar surface area (TPSA) is 29.5 Å². The lowest BCUT2D eigenvalue weighted by Crippen LogP contribution is -2.10. The van der Waals surface area contributed by atoms with E-state index in [1.165, 1.54) is 0 Å². The van der Waals surface area contributed by atoms with Crippen LogP contribution in [-0.4, -0.2) is 5.11 Å². The highest BCUT2D eigenvalue weighted by atomic mass is 16.5. The average Bonchev–Trinajstić information content (AvgIpc) is 2.46. The molecule has 1 heterocycles. The summed E-state index contributed by atoms with van der Waals surface area (Å²) < 4.78 is 5.97. The highest BCUT2D eigenvalue weighted by Gasteiger charge is 2.19. The Morgan fingerprint density at radius 2 is 1.79 bits per heavy atom. The molecule has 0 amide bonds. The summed E-state index contributed by atoms with van der Waals surface area (Å²) in [6.45, 7) is 3.60. The quantitative estimate of drug-likeness (QED) is 0.802. The van der Waals surface area contributed by atoms with Crippen molar-refractivity contribution < 1.29 is 9.84 Å². The van der Waals surface area contributed by atoms with Crippen molar-refractivity contribution in [2.24, 2.45) is 0 Å². The van der Waals surface area contributed by atoms with Crippen LogP contribution >= 0.6 is 0 Å². The minimum Gasteiger partial charge on any atom is -0.508 e. The number of fused-ring (bicyclic) bond motifs is 1. The lowest BCUT2D eigenvalue weighted by atomic mass is 9.98. The van der Waals surface area contributed by atoms with Gasteiger partial charge in [0.25, 0.3) is 0 Å². The van der Waals surface area contributed by atoms with Crippen LogP contribution in [0.5, 0.6) is 5.75 Å². The van der Waals surface area contributed by atoms with E-state index in [2.05, 4.69) is 6.58 Å². The van der Waals surface area contributed by atoms with Crippen LogP contribution in [0.1, 0.15) is 22.8 Å². The van der Waals surface area contributed by atoms with Gasteiger partial charge in [0.1, 0.15) is 17.6 Å². The summed E-state index contributed by atoms with van der Waals surface area (Å²) in [5, 5.41) is 9.66. The van der Waals surface area contributed by atoms with E-state index in [1.54, 1.807) is 0 Å². The zero-order valence-corrected chi connectivity index (χ0v) is 10.4. The van der Waals surface area contributed by atoms with Crippen LogP contribution in [0.15, 0.2) is 61.2 Å². The van der Waals surface area contributed by atoms with Crippen molar-refractivity contribution in [1.29, 1.82) is 0 Å². The van der Waals surface area contributed by atoms with E-state index in [1.807, 2.05) is 60.7 Å². The Labute approximate surface area is 112 Å². The third kappa shape index (κ3) is 2.13. The summed E-state index contributed by atoms with van der Waals surface area (Å²) in [6, 6.07) is 15.5. The number of hydrogen-bond donors (Lipinski definition) is 1. The molecule has 2 nitrogen and oxygen atoms in total. The molecule has 0 fully saturated rings. The van der Waals surface area contributed by atoms with Gasteiger partial charge in [0.05, 0.1) is 0 Å². The predicted molar refractivity (Wildman–Crippen MR) is 76.9 cm³/mol. The van der Waals surface area contributed by atoms with Crippen molar-refractivity contribution in [2.75, 3.05) is 0 Å². The highest BCUT2D eigenvalue weighted by molar-refractivity contribution is 5.64. The van der Waals surface area contributed by atoms with Crippen molar-refractivity contribution >= 4 is 11.8 Å². The molecular weight excluding hydrogens is 236 g/mol. The molecule has 1 aliphatic rings. The van der Waals surface area contributed by atoms with Crippen LogP contribution in [0.2, 0.25) is 0 Å². The summed E-state index contributed by atoms with van der Waals surface area (Å²) in [5.41, 5.74) is 2.70. The SMILES string of the molecule is C=C(O)c1ccccc1C1C=Cc2ccccc2O1. The Morgan fingerprint density at radius 3 is 2.63 bits per heavy atom. The van der Waals surface area contributed by atoms with Gasteiger partial charge < -0.3 is 9.84 Å². The van der Waals surface area contributed by atoms with E-state index in [9.17, 15) is 5.11 Å². The lowest BCUT2D eigenvalue weighted by molar-refractivity contribution is 0.251. The molecule has 1 unspecified atom stereocenters. The maximum atomic E-state index is 9.66. The van der Waals surface area contributed by atoms with Crippen LogP contribution in [0.25, 0.3) is 11.8 Å². The Morgan fingerprint density at radius 1 is 1.05 bits per heavy atom. The van der Waals surface area contributed by atoms with Gasteiger partial charge in [-0.1, -0.05) is 55.1 Å². The van der Waals surface area contributed by atoms with Crippen molar-refractivity contribution in [2.45, 2.75) is 6.10 Å². The Balaban J connectivity index is 2.01. The molecule has 0 aliphatic carbocycles. The minimum absolute atomic E-state index is 0.0615. The molecule has 1 N–H and O–H groups in total. The molecular formula is C17H14O2. The molecule has 2 heteroatoms. The van der Waals surface area contributed by atoms with Crippen LogP contribution in [0.4, 0.5) is 0 Å². The maximum Gasteiger partial charge on any atom is 0.143 e. The number of aliphatic hydroxyl groups excluding tert-OH is 1. The monoisotopic (exact) mass is 250 g/mol. The molecule has 2 aromatic carbocycles. The van der Waals surface area contributed by atoms with E-state index in [0.717, 1.165) is 22.4 Å². The predicted octanol–water partition coefficient (Wildman–Crippen LogP) is 4.36. The Bertz CT molecular complexity index is 656. The summed E-state index contributed by atoms with van der Waals surface area (Å²) in [6.07, 6.45) is 3.83. The molecule has 0 aromatic heterocycles. The van der Waals surface area contributed by atoms with Crippen molar-refractivity contribution in [3.8, 4) is 5.75 Å². The summed E-state index contributed by atoms with van der Waals surface area (Å²) >= 11 is 0. The Hall–Kier alpha value is -2.48. The molecule has 0 radical (unpaired) electrons. The van der Waals surface area contributed by atoms with Crippen LogP contribution in [0.3, 0.4) is 0 Å². The first-order chi connectivity index (χ1) is 9.25. The van der Waals surface area contributed by atoms with Gasteiger partial charge in [-0.05, 0) is 12.1 Å². The first kappa shape index (κ1) is 11.6. The van der Waals surface area contributed by atoms with Crippen LogP contribution < -0.4 is 4.74 Å². The van der Waals surface area contributed by atoms with Gasteiger partial charge in [0.2, 0.25) is 0 Å². The first-order valence-corrected chi connectivity index (χ1v) is 6.17. The molecule has 0 bridgehead atoms. The smallest absolute Gasteiger partial charge is 0.143 e. The highest BCUT2D eigenvalue weighted by Crippen LogP contribution is 2.34. The summed E-state index contributed by atoms with van der Waals surface area (Å²) in [4.78, 5) is 0. The molecule has 1 aliphatic heterocycles. The van der Waals surface area contributed by atoms with E-state index in [0.29, 0.717) is 0 Å². The number of hydrogen-bond acceptors (Lipinski definition) is 2.